The maximum absolute atomic E-state index is 10.8. The first-order valence-corrected chi connectivity index (χ1v) is 5.56. The van der Waals surface area contributed by atoms with Crippen LogP contribution in [0.4, 0.5) is 0 Å². The largest absolute Gasteiger partial charge is 0.478 e. The summed E-state index contributed by atoms with van der Waals surface area (Å²) >= 11 is 3.26. The molecule has 0 fully saturated rings. The molecule has 0 heterocycles. The Bertz CT molecular complexity index is 521. The van der Waals surface area contributed by atoms with E-state index in [9.17, 15) is 4.79 Å². The molecule has 0 atom stereocenters. The lowest BCUT2D eigenvalue weighted by atomic mass is 10.0. The number of aromatic carboxylic acids is 1. The molecule has 0 bridgehead atoms. The van der Waals surface area contributed by atoms with Gasteiger partial charge in [0.1, 0.15) is 0 Å². The van der Waals surface area contributed by atoms with Gasteiger partial charge >= 0.3 is 5.97 Å². The third-order valence-corrected chi connectivity index (χ3v) is 2.96. The molecular weight excluding hydrogens is 268 g/mol. The summed E-state index contributed by atoms with van der Waals surface area (Å²) in [7, 11) is 0. The molecular formula is C13H9BrO2. The van der Waals surface area contributed by atoms with Crippen molar-refractivity contribution in [2.75, 3.05) is 0 Å². The van der Waals surface area contributed by atoms with Crippen LogP contribution in [0.5, 0.6) is 0 Å². The first-order valence-electron chi connectivity index (χ1n) is 4.77. The minimum atomic E-state index is -0.925. The van der Waals surface area contributed by atoms with E-state index in [0.717, 1.165) is 11.1 Å². The number of hydrogen-bond donors (Lipinski definition) is 1. The highest BCUT2D eigenvalue weighted by molar-refractivity contribution is 9.10. The number of halogens is 1. The van der Waals surface area contributed by atoms with Gasteiger partial charge in [0, 0.05) is 4.47 Å². The van der Waals surface area contributed by atoms with Gasteiger partial charge in [-0.25, -0.2) is 4.79 Å². The van der Waals surface area contributed by atoms with Crippen LogP contribution in [0.25, 0.3) is 11.1 Å². The van der Waals surface area contributed by atoms with Crippen LogP contribution in [0.3, 0.4) is 0 Å². The molecule has 0 unspecified atom stereocenters. The number of benzene rings is 2. The fourth-order valence-corrected chi connectivity index (χ4v) is 2.05. The Morgan fingerprint density at radius 2 is 1.69 bits per heavy atom. The normalized spacial score (nSPS) is 10.1. The number of carboxylic acid groups (broad SMARTS) is 1. The molecule has 2 nitrogen and oxygen atoms in total. The van der Waals surface area contributed by atoms with Gasteiger partial charge in [0.15, 0.2) is 0 Å². The summed E-state index contributed by atoms with van der Waals surface area (Å²) in [5.74, 6) is -0.925. The van der Waals surface area contributed by atoms with Crippen molar-refractivity contribution in [3.05, 3.63) is 58.6 Å². The maximum Gasteiger partial charge on any atom is 0.336 e. The molecule has 0 spiro atoms. The van der Waals surface area contributed by atoms with Gasteiger partial charge in [-0.1, -0.05) is 36.4 Å². The highest BCUT2D eigenvalue weighted by atomic mass is 79.9. The minimum absolute atomic E-state index is 0.277. The van der Waals surface area contributed by atoms with Crippen LogP contribution in [0.1, 0.15) is 10.4 Å². The topological polar surface area (TPSA) is 37.3 Å². The predicted molar refractivity (Wildman–Crippen MR) is 66.5 cm³/mol. The highest BCUT2D eigenvalue weighted by Crippen LogP contribution is 2.25. The zero-order valence-corrected chi connectivity index (χ0v) is 9.94. The average molecular weight is 277 g/mol. The summed E-state index contributed by atoms with van der Waals surface area (Å²) in [6, 6.07) is 15.1. The van der Waals surface area contributed by atoms with Crippen molar-refractivity contribution in [2.45, 2.75) is 0 Å². The van der Waals surface area contributed by atoms with Crippen molar-refractivity contribution in [1.82, 2.24) is 0 Å². The van der Waals surface area contributed by atoms with Crippen molar-refractivity contribution in [3.63, 3.8) is 0 Å². The Kier molecular flexibility index (Phi) is 3.06. The van der Waals surface area contributed by atoms with Crippen molar-refractivity contribution < 1.29 is 9.90 Å². The first-order chi connectivity index (χ1) is 7.68. The Balaban J connectivity index is 2.46. The van der Waals surface area contributed by atoms with Gasteiger partial charge in [0.25, 0.3) is 0 Å². The average Bonchev–Trinajstić information content (AvgIpc) is 2.29. The monoisotopic (exact) mass is 276 g/mol. The first kappa shape index (κ1) is 10.9. The lowest BCUT2D eigenvalue weighted by Gasteiger charge is -2.04. The molecule has 80 valence electrons. The molecule has 0 saturated heterocycles. The molecule has 2 aromatic rings. The quantitative estimate of drug-likeness (QED) is 0.906. The van der Waals surface area contributed by atoms with E-state index in [1.807, 2.05) is 42.5 Å². The lowest BCUT2D eigenvalue weighted by Crippen LogP contribution is -1.97. The third kappa shape index (κ3) is 2.14. The summed E-state index contributed by atoms with van der Waals surface area (Å²) in [6.07, 6.45) is 0. The molecule has 2 rings (SSSR count). The standard InChI is InChI=1S/C13H9BrO2/c14-12-8-10(6-7-11(12)13(15)16)9-4-2-1-3-5-9/h1-8H,(H,15,16). The molecule has 3 heteroatoms. The Morgan fingerprint density at radius 3 is 2.25 bits per heavy atom. The molecule has 16 heavy (non-hydrogen) atoms. The van der Waals surface area contributed by atoms with Gasteiger partial charge in [0.05, 0.1) is 5.56 Å². The van der Waals surface area contributed by atoms with E-state index in [1.54, 1.807) is 6.07 Å². The van der Waals surface area contributed by atoms with Crippen LogP contribution in [0.15, 0.2) is 53.0 Å². The second kappa shape index (κ2) is 4.49. The van der Waals surface area contributed by atoms with E-state index in [1.165, 1.54) is 0 Å². The van der Waals surface area contributed by atoms with Crippen LogP contribution in [-0.2, 0) is 0 Å². The SMILES string of the molecule is O=C(O)c1ccc(-c2ccccc2)cc1Br. The molecule has 0 saturated carbocycles. The fraction of sp³-hybridized carbons (Fsp3) is 0. The summed E-state index contributed by atoms with van der Waals surface area (Å²) in [6.45, 7) is 0. The van der Waals surface area contributed by atoms with Gasteiger partial charge in [0.2, 0.25) is 0 Å². The Morgan fingerprint density at radius 1 is 1.00 bits per heavy atom. The summed E-state index contributed by atoms with van der Waals surface area (Å²) in [4.78, 5) is 10.8. The van der Waals surface area contributed by atoms with Crippen LogP contribution in [0.2, 0.25) is 0 Å². The summed E-state index contributed by atoms with van der Waals surface area (Å²) < 4.78 is 0.598. The third-order valence-electron chi connectivity index (χ3n) is 2.31. The lowest BCUT2D eigenvalue weighted by molar-refractivity contribution is 0.0696. The molecule has 0 aliphatic carbocycles. The van der Waals surface area contributed by atoms with Crippen molar-refractivity contribution in [1.29, 1.82) is 0 Å². The van der Waals surface area contributed by atoms with Crippen LogP contribution in [-0.4, -0.2) is 11.1 Å². The van der Waals surface area contributed by atoms with Gasteiger partial charge in [-0.2, -0.15) is 0 Å². The van der Waals surface area contributed by atoms with E-state index in [-0.39, 0.29) is 5.56 Å². The molecule has 0 radical (unpaired) electrons. The second-order valence-corrected chi connectivity index (χ2v) is 4.22. The molecule has 1 N–H and O–H groups in total. The number of carbonyl (C=O) groups is 1. The van der Waals surface area contributed by atoms with Gasteiger partial charge in [-0.3, -0.25) is 0 Å². The van der Waals surface area contributed by atoms with E-state index in [2.05, 4.69) is 15.9 Å². The van der Waals surface area contributed by atoms with E-state index in [0.29, 0.717) is 4.47 Å². The van der Waals surface area contributed by atoms with Crippen LogP contribution < -0.4 is 0 Å². The second-order valence-electron chi connectivity index (χ2n) is 3.37. The predicted octanol–water partition coefficient (Wildman–Crippen LogP) is 3.81. The Hall–Kier alpha value is -1.61. The van der Waals surface area contributed by atoms with Crippen LogP contribution >= 0.6 is 15.9 Å². The zero-order chi connectivity index (χ0) is 11.5. The smallest absolute Gasteiger partial charge is 0.336 e. The molecule has 0 aliphatic rings. The van der Waals surface area contributed by atoms with E-state index in [4.69, 9.17) is 5.11 Å². The number of rotatable bonds is 2. The highest BCUT2D eigenvalue weighted by Gasteiger charge is 2.08. The summed E-state index contributed by atoms with van der Waals surface area (Å²) in [5.41, 5.74) is 2.34. The zero-order valence-electron chi connectivity index (χ0n) is 8.35. The number of carboxylic acids is 1. The molecule has 0 aliphatic heterocycles. The maximum atomic E-state index is 10.8. The van der Waals surface area contributed by atoms with E-state index < -0.39 is 5.97 Å². The van der Waals surface area contributed by atoms with Gasteiger partial charge in [-0.15, -0.1) is 0 Å². The van der Waals surface area contributed by atoms with Crippen molar-refractivity contribution >= 4 is 21.9 Å². The van der Waals surface area contributed by atoms with Crippen molar-refractivity contribution in [3.8, 4) is 11.1 Å². The molecule has 0 aromatic heterocycles. The minimum Gasteiger partial charge on any atom is -0.478 e. The number of hydrogen-bond acceptors (Lipinski definition) is 1. The molecule has 0 amide bonds. The van der Waals surface area contributed by atoms with Gasteiger partial charge < -0.3 is 5.11 Å². The molecule has 2 aromatic carbocycles. The fourth-order valence-electron chi connectivity index (χ4n) is 1.50. The summed E-state index contributed by atoms with van der Waals surface area (Å²) in [5, 5.41) is 8.90. The van der Waals surface area contributed by atoms with Crippen molar-refractivity contribution in [2.24, 2.45) is 0 Å². The van der Waals surface area contributed by atoms with Crippen LogP contribution in [0, 0.1) is 0 Å². The Labute approximate surface area is 102 Å². The van der Waals surface area contributed by atoms with E-state index >= 15 is 0 Å². The van der Waals surface area contributed by atoms with Gasteiger partial charge in [-0.05, 0) is 39.2 Å².